The van der Waals surface area contributed by atoms with E-state index in [2.05, 4.69) is 10.2 Å². The Bertz CT molecular complexity index is 360. The summed E-state index contributed by atoms with van der Waals surface area (Å²) in [7, 11) is 4.05. The van der Waals surface area contributed by atoms with Crippen molar-refractivity contribution in [2.45, 2.75) is 12.8 Å². The minimum Gasteiger partial charge on any atom is -0.352 e. The van der Waals surface area contributed by atoms with E-state index in [-0.39, 0.29) is 5.91 Å². The third-order valence-electron chi connectivity index (χ3n) is 2.72. The van der Waals surface area contributed by atoms with Gasteiger partial charge in [0.25, 0.3) is 5.91 Å². The van der Waals surface area contributed by atoms with Gasteiger partial charge >= 0.3 is 0 Å². The predicted molar refractivity (Wildman–Crippen MR) is 74.7 cm³/mol. The van der Waals surface area contributed by atoms with Crippen molar-refractivity contribution in [3.63, 3.8) is 0 Å². The zero-order valence-corrected chi connectivity index (χ0v) is 11.3. The zero-order chi connectivity index (χ0) is 13.4. The van der Waals surface area contributed by atoms with Gasteiger partial charge in [-0.15, -0.1) is 0 Å². The second kappa shape index (κ2) is 7.84. The first-order valence-corrected chi connectivity index (χ1v) is 6.35. The van der Waals surface area contributed by atoms with E-state index in [1.54, 1.807) is 0 Å². The summed E-state index contributed by atoms with van der Waals surface area (Å²) in [5.74, 6) is -0.00643. The molecular formula is C14H23N3O. The van der Waals surface area contributed by atoms with Crippen LogP contribution in [0.3, 0.4) is 0 Å². The summed E-state index contributed by atoms with van der Waals surface area (Å²) >= 11 is 0. The molecule has 1 rings (SSSR count). The van der Waals surface area contributed by atoms with Gasteiger partial charge in [-0.1, -0.05) is 12.1 Å². The third kappa shape index (κ3) is 5.29. The molecule has 0 aliphatic carbocycles. The Labute approximate surface area is 109 Å². The van der Waals surface area contributed by atoms with Crippen molar-refractivity contribution in [3.8, 4) is 0 Å². The molecule has 1 amide bonds. The summed E-state index contributed by atoms with van der Waals surface area (Å²) in [6.07, 6.45) is 1.81. The topological polar surface area (TPSA) is 58.4 Å². The molecule has 0 heterocycles. The van der Waals surface area contributed by atoms with Crippen LogP contribution in [0.2, 0.25) is 0 Å². The van der Waals surface area contributed by atoms with Crippen LogP contribution in [-0.2, 0) is 6.42 Å². The molecule has 4 heteroatoms. The maximum absolute atomic E-state index is 11.8. The van der Waals surface area contributed by atoms with Crippen molar-refractivity contribution in [2.75, 3.05) is 33.7 Å². The summed E-state index contributed by atoms with van der Waals surface area (Å²) in [6.45, 7) is 2.33. The van der Waals surface area contributed by atoms with Crippen LogP contribution in [0, 0.1) is 0 Å². The Morgan fingerprint density at radius 2 is 1.94 bits per heavy atom. The molecule has 0 radical (unpaired) electrons. The van der Waals surface area contributed by atoms with E-state index in [0.29, 0.717) is 18.7 Å². The maximum atomic E-state index is 11.8. The van der Waals surface area contributed by atoms with Gasteiger partial charge in [0.1, 0.15) is 0 Å². The van der Waals surface area contributed by atoms with Gasteiger partial charge in [0.15, 0.2) is 0 Å². The lowest BCUT2D eigenvalue weighted by Gasteiger charge is -2.10. The molecule has 0 atom stereocenters. The van der Waals surface area contributed by atoms with Gasteiger partial charge in [-0.3, -0.25) is 4.79 Å². The van der Waals surface area contributed by atoms with Crippen molar-refractivity contribution in [2.24, 2.45) is 5.73 Å². The minimum absolute atomic E-state index is 0.00643. The first kappa shape index (κ1) is 14.7. The summed E-state index contributed by atoms with van der Waals surface area (Å²) in [6, 6.07) is 7.63. The molecule has 0 aliphatic heterocycles. The van der Waals surface area contributed by atoms with Gasteiger partial charge in [-0.05, 0) is 57.7 Å². The average Bonchev–Trinajstić information content (AvgIpc) is 2.35. The highest BCUT2D eigenvalue weighted by Gasteiger charge is 2.04. The van der Waals surface area contributed by atoms with E-state index in [0.717, 1.165) is 19.4 Å². The van der Waals surface area contributed by atoms with Crippen LogP contribution in [-0.4, -0.2) is 44.5 Å². The number of nitrogens with two attached hydrogens (primary N) is 1. The van der Waals surface area contributed by atoms with Crippen LogP contribution in [0.4, 0.5) is 0 Å². The Balaban J connectivity index is 2.37. The molecule has 1 aromatic rings. The van der Waals surface area contributed by atoms with Gasteiger partial charge in [0.2, 0.25) is 0 Å². The number of hydrogen-bond acceptors (Lipinski definition) is 3. The highest BCUT2D eigenvalue weighted by atomic mass is 16.1. The van der Waals surface area contributed by atoms with Crippen LogP contribution in [0.15, 0.2) is 24.3 Å². The molecule has 18 heavy (non-hydrogen) atoms. The lowest BCUT2D eigenvalue weighted by molar-refractivity contribution is 0.0952. The van der Waals surface area contributed by atoms with Gasteiger partial charge in [0, 0.05) is 12.1 Å². The summed E-state index contributed by atoms with van der Waals surface area (Å²) in [5.41, 5.74) is 7.36. The summed E-state index contributed by atoms with van der Waals surface area (Å²) < 4.78 is 0. The molecule has 0 unspecified atom stereocenters. The molecule has 0 aromatic heterocycles. The van der Waals surface area contributed by atoms with E-state index in [4.69, 9.17) is 5.73 Å². The summed E-state index contributed by atoms with van der Waals surface area (Å²) in [5, 5.41) is 2.92. The highest BCUT2D eigenvalue weighted by molar-refractivity contribution is 5.94. The molecule has 0 aliphatic rings. The van der Waals surface area contributed by atoms with Gasteiger partial charge < -0.3 is 16.0 Å². The molecule has 0 saturated heterocycles. The molecule has 0 saturated carbocycles. The number of nitrogens with one attached hydrogen (secondary N) is 1. The van der Waals surface area contributed by atoms with Crippen LogP contribution >= 0.6 is 0 Å². The van der Waals surface area contributed by atoms with Gasteiger partial charge in [0.05, 0.1) is 0 Å². The van der Waals surface area contributed by atoms with E-state index < -0.39 is 0 Å². The second-order valence-corrected chi connectivity index (χ2v) is 4.65. The van der Waals surface area contributed by atoms with Crippen LogP contribution < -0.4 is 11.1 Å². The van der Waals surface area contributed by atoms with Crippen molar-refractivity contribution >= 4 is 5.91 Å². The normalized spacial score (nSPS) is 10.7. The quantitative estimate of drug-likeness (QED) is 0.705. The lowest BCUT2D eigenvalue weighted by atomic mass is 10.1. The standard InChI is InChI=1S/C14H23N3O/c1-17(2)11-3-10-16-14(18)13-6-4-12(5-7-13)8-9-15/h4-7H,3,8-11,15H2,1-2H3,(H,16,18). The Morgan fingerprint density at radius 1 is 1.28 bits per heavy atom. The molecule has 0 bridgehead atoms. The molecular weight excluding hydrogens is 226 g/mol. The molecule has 0 fully saturated rings. The van der Waals surface area contributed by atoms with Gasteiger partial charge in [-0.2, -0.15) is 0 Å². The second-order valence-electron chi connectivity index (χ2n) is 4.65. The lowest BCUT2D eigenvalue weighted by Crippen LogP contribution is -2.27. The first-order valence-electron chi connectivity index (χ1n) is 6.35. The van der Waals surface area contributed by atoms with Crippen molar-refractivity contribution in [1.29, 1.82) is 0 Å². The van der Waals surface area contributed by atoms with Crippen LogP contribution in [0.1, 0.15) is 22.3 Å². The SMILES string of the molecule is CN(C)CCCNC(=O)c1ccc(CCN)cc1. The molecule has 4 nitrogen and oxygen atoms in total. The fourth-order valence-corrected chi connectivity index (χ4v) is 1.69. The van der Waals surface area contributed by atoms with Crippen molar-refractivity contribution in [1.82, 2.24) is 10.2 Å². The maximum Gasteiger partial charge on any atom is 0.251 e. The number of nitrogens with zero attached hydrogens (tertiary/aromatic N) is 1. The molecule has 1 aromatic carbocycles. The average molecular weight is 249 g/mol. The Hall–Kier alpha value is -1.39. The zero-order valence-electron chi connectivity index (χ0n) is 11.3. The van der Waals surface area contributed by atoms with E-state index in [1.165, 1.54) is 5.56 Å². The van der Waals surface area contributed by atoms with E-state index in [9.17, 15) is 4.79 Å². The van der Waals surface area contributed by atoms with Gasteiger partial charge in [-0.25, -0.2) is 0 Å². The number of carbonyl (C=O) groups is 1. The monoisotopic (exact) mass is 249 g/mol. The summed E-state index contributed by atoms with van der Waals surface area (Å²) in [4.78, 5) is 13.9. The van der Waals surface area contributed by atoms with Crippen LogP contribution in [0.5, 0.6) is 0 Å². The fraction of sp³-hybridized carbons (Fsp3) is 0.500. The number of rotatable bonds is 7. The van der Waals surface area contributed by atoms with Crippen LogP contribution in [0.25, 0.3) is 0 Å². The number of amides is 1. The van der Waals surface area contributed by atoms with Crippen molar-refractivity contribution in [3.05, 3.63) is 35.4 Å². The molecule has 0 spiro atoms. The number of benzene rings is 1. The first-order chi connectivity index (χ1) is 8.63. The largest absolute Gasteiger partial charge is 0.352 e. The number of carbonyl (C=O) groups excluding carboxylic acids is 1. The molecule has 3 N–H and O–H groups in total. The fourth-order valence-electron chi connectivity index (χ4n) is 1.69. The van der Waals surface area contributed by atoms with E-state index in [1.807, 2.05) is 38.4 Å². The van der Waals surface area contributed by atoms with Crippen molar-refractivity contribution < 1.29 is 4.79 Å². The third-order valence-corrected chi connectivity index (χ3v) is 2.72. The molecule has 100 valence electrons. The highest BCUT2D eigenvalue weighted by Crippen LogP contribution is 2.04. The minimum atomic E-state index is -0.00643. The Kier molecular flexibility index (Phi) is 6.39. The number of hydrogen-bond donors (Lipinski definition) is 2. The Morgan fingerprint density at radius 3 is 2.50 bits per heavy atom. The van der Waals surface area contributed by atoms with E-state index >= 15 is 0 Å². The smallest absolute Gasteiger partial charge is 0.251 e. The predicted octanol–water partition coefficient (Wildman–Crippen LogP) is 0.869.